The van der Waals surface area contributed by atoms with Crippen molar-refractivity contribution in [1.82, 2.24) is 0 Å². The second kappa shape index (κ2) is 5.13. The molecule has 0 aromatic heterocycles. The van der Waals surface area contributed by atoms with Gasteiger partial charge in [-0.05, 0) is 19.1 Å². The lowest BCUT2D eigenvalue weighted by Crippen LogP contribution is -2.30. The first-order valence-electron chi connectivity index (χ1n) is 5.45. The summed E-state index contributed by atoms with van der Waals surface area (Å²) in [6, 6.07) is 3.20. The molecular weight excluding hydrogens is 260 g/mol. The number of halogens is 1. The lowest BCUT2D eigenvalue weighted by Gasteiger charge is -2.11. The van der Waals surface area contributed by atoms with E-state index in [-0.39, 0.29) is 0 Å². The second-order valence-electron chi connectivity index (χ2n) is 3.80. The van der Waals surface area contributed by atoms with Crippen LogP contribution in [0.1, 0.15) is 18.6 Å². The minimum absolute atomic E-state index is 0.330. The summed E-state index contributed by atoms with van der Waals surface area (Å²) in [6.07, 6.45) is -0.849. The van der Waals surface area contributed by atoms with Crippen LogP contribution in [0.5, 0.6) is 5.75 Å². The topological polar surface area (TPSA) is 81.8 Å². The van der Waals surface area contributed by atoms with Crippen LogP contribution >= 0.6 is 11.6 Å². The minimum atomic E-state index is -1.25. The van der Waals surface area contributed by atoms with E-state index >= 15 is 0 Å². The fourth-order valence-corrected chi connectivity index (χ4v) is 2.30. The monoisotopic (exact) mass is 271 g/mol. The molecule has 0 radical (unpaired) electrons. The number of fused-ring (bicyclic) bond motifs is 1. The zero-order valence-electron chi connectivity index (χ0n) is 9.63. The zero-order chi connectivity index (χ0) is 13.3. The van der Waals surface area contributed by atoms with E-state index in [1.54, 1.807) is 19.1 Å². The number of benzene rings is 1. The van der Waals surface area contributed by atoms with Gasteiger partial charge in [0.15, 0.2) is 0 Å². The normalized spacial score (nSPS) is 17.7. The van der Waals surface area contributed by atoms with Crippen LogP contribution < -0.4 is 10.2 Å². The minimum Gasteiger partial charge on any atom is -0.494 e. The van der Waals surface area contributed by atoms with Crippen molar-refractivity contribution in [3.05, 3.63) is 32.8 Å². The number of nitro groups is 1. The fraction of sp³-hybridized carbons (Fsp3) is 0.400. The Bertz CT molecular complexity index is 484. The summed E-state index contributed by atoms with van der Waals surface area (Å²) in [5.74, 6) is 0.440. The van der Waals surface area contributed by atoms with Crippen LogP contribution in [0.2, 0.25) is 5.02 Å². The number of hydrogen-bond acceptors (Lipinski definition) is 5. The van der Waals surface area contributed by atoms with Gasteiger partial charge in [-0.1, -0.05) is 11.6 Å². The van der Waals surface area contributed by atoms with E-state index in [0.29, 0.717) is 28.4 Å². The van der Waals surface area contributed by atoms with E-state index in [1.807, 2.05) is 0 Å². The van der Waals surface area contributed by atoms with Crippen LogP contribution in [0, 0.1) is 10.1 Å². The van der Waals surface area contributed by atoms with Gasteiger partial charge in [0.2, 0.25) is 6.54 Å². The van der Waals surface area contributed by atoms with E-state index in [1.165, 1.54) is 0 Å². The molecule has 0 amide bonds. The first kappa shape index (κ1) is 13.1. The first-order valence-corrected chi connectivity index (χ1v) is 5.82. The Morgan fingerprint density at radius 1 is 1.67 bits per heavy atom. The molecular formula is C10H11BClNO5. The van der Waals surface area contributed by atoms with Crippen molar-refractivity contribution in [2.45, 2.75) is 13.0 Å². The molecule has 0 saturated carbocycles. The Morgan fingerprint density at radius 2 is 2.39 bits per heavy atom. The summed E-state index contributed by atoms with van der Waals surface area (Å²) >= 11 is 6.02. The van der Waals surface area contributed by atoms with Crippen LogP contribution in [0.25, 0.3) is 0 Å². The van der Waals surface area contributed by atoms with Gasteiger partial charge in [0, 0.05) is 21.0 Å². The van der Waals surface area contributed by atoms with E-state index < -0.39 is 24.7 Å². The van der Waals surface area contributed by atoms with Crippen molar-refractivity contribution in [2.24, 2.45) is 0 Å². The van der Waals surface area contributed by atoms with Gasteiger partial charge in [-0.15, -0.1) is 0 Å². The third-order valence-corrected chi connectivity index (χ3v) is 3.00. The van der Waals surface area contributed by atoms with Crippen molar-refractivity contribution in [3.8, 4) is 5.75 Å². The molecule has 0 bridgehead atoms. The van der Waals surface area contributed by atoms with Crippen LogP contribution in [-0.2, 0) is 4.65 Å². The van der Waals surface area contributed by atoms with Gasteiger partial charge in [-0.2, -0.15) is 0 Å². The molecule has 0 fully saturated rings. The largest absolute Gasteiger partial charge is 0.496 e. The highest BCUT2D eigenvalue weighted by molar-refractivity contribution is 6.63. The molecule has 6 nitrogen and oxygen atoms in total. The predicted molar refractivity (Wildman–Crippen MR) is 65.9 cm³/mol. The highest BCUT2D eigenvalue weighted by atomic mass is 35.5. The van der Waals surface area contributed by atoms with Gasteiger partial charge in [0.25, 0.3) is 0 Å². The predicted octanol–water partition coefficient (Wildman–Crippen LogP) is 0.774. The van der Waals surface area contributed by atoms with E-state index in [4.69, 9.17) is 21.0 Å². The van der Waals surface area contributed by atoms with Crippen molar-refractivity contribution in [2.75, 3.05) is 13.2 Å². The molecule has 1 aliphatic rings. The summed E-state index contributed by atoms with van der Waals surface area (Å²) in [6.45, 7) is 1.78. The summed E-state index contributed by atoms with van der Waals surface area (Å²) in [5.41, 5.74) is 0.822. The molecule has 18 heavy (non-hydrogen) atoms. The van der Waals surface area contributed by atoms with Gasteiger partial charge in [0.05, 0.1) is 6.61 Å². The molecule has 1 aromatic rings. The summed E-state index contributed by atoms with van der Waals surface area (Å²) < 4.78 is 10.5. The Labute approximate surface area is 109 Å². The smallest absolute Gasteiger partial charge is 0.494 e. The van der Waals surface area contributed by atoms with E-state index in [9.17, 15) is 15.1 Å². The molecule has 1 N–H and O–H groups in total. The second-order valence-corrected chi connectivity index (χ2v) is 4.21. The zero-order valence-corrected chi connectivity index (χ0v) is 10.4. The Morgan fingerprint density at radius 3 is 3.00 bits per heavy atom. The molecule has 0 spiro atoms. The molecule has 1 aromatic carbocycles. The average molecular weight is 271 g/mol. The van der Waals surface area contributed by atoms with Gasteiger partial charge in [-0.3, -0.25) is 10.1 Å². The quantitative estimate of drug-likeness (QED) is 0.497. The molecule has 8 heteroatoms. The molecule has 1 unspecified atom stereocenters. The number of ether oxygens (including phenoxy) is 1. The molecule has 0 aliphatic carbocycles. The highest BCUT2D eigenvalue weighted by Gasteiger charge is 2.41. The number of rotatable bonds is 4. The average Bonchev–Trinajstić information content (AvgIpc) is 2.60. The Hall–Kier alpha value is -1.31. The van der Waals surface area contributed by atoms with Gasteiger partial charge < -0.3 is 14.4 Å². The van der Waals surface area contributed by atoms with Crippen molar-refractivity contribution >= 4 is 24.2 Å². The van der Waals surface area contributed by atoms with E-state index in [0.717, 1.165) is 0 Å². The summed E-state index contributed by atoms with van der Waals surface area (Å²) in [7, 11) is -1.25. The van der Waals surface area contributed by atoms with Gasteiger partial charge in [-0.25, -0.2) is 0 Å². The lowest BCUT2D eigenvalue weighted by atomic mass is 9.78. The van der Waals surface area contributed by atoms with Crippen LogP contribution in [-0.4, -0.2) is 30.2 Å². The van der Waals surface area contributed by atoms with Crippen LogP contribution in [0.4, 0.5) is 0 Å². The third kappa shape index (κ3) is 2.29. The lowest BCUT2D eigenvalue weighted by molar-refractivity contribution is -0.490. The summed E-state index contributed by atoms with van der Waals surface area (Å²) in [4.78, 5) is 10.1. The maximum Gasteiger partial charge on any atom is 0.496 e. The molecule has 1 aliphatic heterocycles. The first-order chi connectivity index (χ1) is 8.54. The SMILES string of the molecule is CCOc1ccc(Cl)c2c1B(O)OC2C[N+](=O)[O-]. The van der Waals surface area contributed by atoms with Crippen molar-refractivity contribution in [3.63, 3.8) is 0 Å². The van der Waals surface area contributed by atoms with E-state index in [2.05, 4.69) is 0 Å². The Balaban J connectivity index is 2.45. The van der Waals surface area contributed by atoms with Gasteiger partial charge >= 0.3 is 7.12 Å². The maximum absolute atomic E-state index is 10.6. The highest BCUT2D eigenvalue weighted by Crippen LogP contribution is 2.33. The van der Waals surface area contributed by atoms with Crippen LogP contribution in [0.15, 0.2) is 12.1 Å². The molecule has 1 atom stereocenters. The standard InChI is InChI=1S/C10H11BClNO5/c1-2-17-7-4-3-6(12)9-8(5-13(15)16)18-11(14)10(7)9/h3-4,8,14H,2,5H2,1H3. The molecule has 0 saturated heterocycles. The fourth-order valence-electron chi connectivity index (χ4n) is 2.01. The van der Waals surface area contributed by atoms with Crippen molar-refractivity contribution in [1.29, 1.82) is 0 Å². The Kier molecular flexibility index (Phi) is 3.75. The molecule has 2 rings (SSSR count). The number of nitrogens with zero attached hydrogens (tertiary/aromatic N) is 1. The number of hydrogen-bond donors (Lipinski definition) is 1. The molecule has 1 heterocycles. The van der Waals surface area contributed by atoms with Crippen molar-refractivity contribution < 1.29 is 19.3 Å². The summed E-state index contributed by atoms with van der Waals surface area (Å²) in [5, 5.41) is 20.7. The maximum atomic E-state index is 10.6. The van der Waals surface area contributed by atoms with Crippen LogP contribution in [0.3, 0.4) is 0 Å². The third-order valence-electron chi connectivity index (χ3n) is 2.67. The van der Waals surface area contributed by atoms with Gasteiger partial charge in [0.1, 0.15) is 11.9 Å². The molecule has 96 valence electrons.